The second-order valence-electron chi connectivity index (χ2n) is 6.62. The van der Waals surface area contributed by atoms with Gasteiger partial charge in [-0.25, -0.2) is 0 Å². The van der Waals surface area contributed by atoms with E-state index < -0.39 is 0 Å². The zero-order valence-electron chi connectivity index (χ0n) is 15.0. The minimum atomic E-state index is -0.133. The van der Waals surface area contributed by atoms with Gasteiger partial charge in [0.15, 0.2) is 0 Å². The number of carbonyl (C=O) groups is 1. The Morgan fingerprint density at radius 3 is 2.71 bits per heavy atom. The van der Waals surface area contributed by atoms with Gasteiger partial charge in [-0.05, 0) is 26.5 Å². The maximum atomic E-state index is 12.7. The van der Waals surface area contributed by atoms with Crippen molar-refractivity contribution >= 4 is 5.91 Å². The van der Waals surface area contributed by atoms with E-state index in [4.69, 9.17) is 5.26 Å². The molecule has 2 rings (SSSR count). The van der Waals surface area contributed by atoms with E-state index in [1.807, 2.05) is 19.9 Å². The third kappa shape index (κ3) is 4.80. The maximum absolute atomic E-state index is 12.7. The Morgan fingerprint density at radius 1 is 1.38 bits per heavy atom. The fourth-order valence-corrected chi connectivity index (χ4v) is 3.19. The summed E-state index contributed by atoms with van der Waals surface area (Å²) in [7, 11) is 2.13. The molecule has 0 radical (unpaired) electrons. The second kappa shape index (κ2) is 8.81. The van der Waals surface area contributed by atoms with Gasteiger partial charge in [0.2, 0.25) is 5.91 Å². The van der Waals surface area contributed by atoms with E-state index in [1.165, 1.54) is 5.56 Å². The molecule has 2 atom stereocenters. The molecule has 1 amide bonds. The Bertz CT molecular complexity index is 568. The fourth-order valence-electron chi connectivity index (χ4n) is 3.19. The van der Waals surface area contributed by atoms with Gasteiger partial charge in [-0.1, -0.05) is 30.3 Å². The summed E-state index contributed by atoms with van der Waals surface area (Å²) in [5.74, 6) is -0.0172. The van der Waals surface area contributed by atoms with Gasteiger partial charge < -0.3 is 9.80 Å². The number of rotatable bonds is 6. The predicted octanol–water partition coefficient (Wildman–Crippen LogP) is 1.98. The van der Waals surface area contributed by atoms with Gasteiger partial charge in [0.05, 0.1) is 18.5 Å². The van der Waals surface area contributed by atoms with Gasteiger partial charge in [-0.15, -0.1) is 0 Å². The minimum absolute atomic E-state index is 0.116. The molecule has 1 saturated heterocycles. The lowest BCUT2D eigenvalue weighted by Crippen LogP contribution is -2.51. The minimum Gasteiger partial charge on any atom is -0.341 e. The van der Waals surface area contributed by atoms with E-state index in [2.05, 4.69) is 47.2 Å². The van der Waals surface area contributed by atoms with E-state index in [0.717, 1.165) is 19.6 Å². The van der Waals surface area contributed by atoms with Crippen LogP contribution in [0, 0.1) is 17.2 Å². The van der Waals surface area contributed by atoms with Gasteiger partial charge in [-0.3, -0.25) is 9.69 Å². The first-order chi connectivity index (χ1) is 11.5. The van der Waals surface area contributed by atoms with Gasteiger partial charge in [0, 0.05) is 38.8 Å². The Balaban J connectivity index is 2.07. The summed E-state index contributed by atoms with van der Waals surface area (Å²) in [5, 5.41) is 9.00. The van der Waals surface area contributed by atoms with E-state index in [-0.39, 0.29) is 17.9 Å². The molecule has 0 N–H and O–H groups in total. The summed E-state index contributed by atoms with van der Waals surface area (Å²) in [6.45, 7) is 8.19. The van der Waals surface area contributed by atoms with Crippen molar-refractivity contribution in [3.8, 4) is 6.07 Å². The molecule has 0 unspecified atom stereocenters. The number of benzene rings is 1. The van der Waals surface area contributed by atoms with Crippen molar-refractivity contribution in [1.29, 1.82) is 5.26 Å². The van der Waals surface area contributed by atoms with Crippen LogP contribution in [-0.2, 0) is 4.79 Å². The first kappa shape index (κ1) is 18.4. The molecule has 5 heteroatoms. The van der Waals surface area contributed by atoms with Crippen molar-refractivity contribution in [2.45, 2.75) is 19.9 Å². The summed E-state index contributed by atoms with van der Waals surface area (Å²) in [6, 6.07) is 12.8. The first-order valence-corrected chi connectivity index (χ1v) is 8.70. The van der Waals surface area contributed by atoms with Crippen LogP contribution in [0.25, 0.3) is 0 Å². The largest absolute Gasteiger partial charge is 0.341 e. The van der Waals surface area contributed by atoms with Crippen molar-refractivity contribution in [3.05, 3.63) is 35.9 Å². The van der Waals surface area contributed by atoms with Gasteiger partial charge in [0.1, 0.15) is 0 Å². The number of likely N-dealkylation sites (N-methyl/N-ethyl adjacent to an activating group) is 2. The highest BCUT2D eigenvalue weighted by Crippen LogP contribution is 2.24. The van der Waals surface area contributed by atoms with Crippen LogP contribution >= 0.6 is 0 Å². The normalized spacial score (nSPS) is 20.3. The molecule has 0 aliphatic carbocycles. The van der Waals surface area contributed by atoms with Crippen LogP contribution in [0.4, 0.5) is 0 Å². The highest BCUT2D eigenvalue weighted by molar-refractivity contribution is 5.78. The second-order valence-corrected chi connectivity index (χ2v) is 6.62. The summed E-state index contributed by atoms with van der Waals surface area (Å²) in [6.07, 6.45) is 0. The average Bonchev–Trinajstić information content (AvgIpc) is 2.61. The molecule has 1 aliphatic heterocycles. The first-order valence-electron chi connectivity index (χ1n) is 8.70. The van der Waals surface area contributed by atoms with E-state index >= 15 is 0 Å². The third-order valence-electron chi connectivity index (χ3n) is 4.67. The lowest BCUT2D eigenvalue weighted by atomic mass is 10.0. The molecule has 1 aromatic rings. The van der Waals surface area contributed by atoms with Crippen molar-refractivity contribution in [2.24, 2.45) is 5.92 Å². The van der Waals surface area contributed by atoms with Gasteiger partial charge in [0.25, 0.3) is 0 Å². The summed E-state index contributed by atoms with van der Waals surface area (Å²) >= 11 is 0. The Labute approximate surface area is 145 Å². The smallest absolute Gasteiger partial charge is 0.236 e. The topological polar surface area (TPSA) is 50.6 Å². The number of hydrogen-bond donors (Lipinski definition) is 0. The van der Waals surface area contributed by atoms with E-state index in [0.29, 0.717) is 19.6 Å². The predicted molar refractivity (Wildman–Crippen MR) is 95.3 cm³/mol. The zero-order chi connectivity index (χ0) is 17.5. The Morgan fingerprint density at radius 2 is 2.08 bits per heavy atom. The van der Waals surface area contributed by atoms with Gasteiger partial charge >= 0.3 is 0 Å². The van der Waals surface area contributed by atoms with Crippen LogP contribution in [0.5, 0.6) is 0 Å². The third-order valence-corrected chi connectivity index (χ3v) is 4.67. The van der Waals surface area contributed by atoms with Crippen molar-refractivity contribution in [3.63, 3.8) is 0 Å². The van der Waals surface area contributed by atoms with Crippen LogP contribution in [0.3, 0.4) is 0 Å². The Kier molecular flexibility index (Phi) is 6.77. The number of amides is 1. The van der Waals surface area contributed by atoms with Gasteiger partial charge in [-0.2, -0.15) is 5.26 Å². The quantitative estimate of drug-likeness (QED) is 0.801. The number of carbonyl (C=O) groups excluding carboxylic acids is 1. The molecule has 24 heavy (non-hydrogen) atoms. The molecule has 5 nitrogen and oxygen atoms in total. The number of nitrogens with zero attached hydrogens (tertiary/aromatic N) is 4. The highest BCUT2D eigenvalue weighted by atomic mass is 16.2. The molecule has 1 fully saturated rings. The average molecular weight is 328 g/mol. The van der Waals surface area contributed by atoms with E-state index in [9.17, 15) is 4.79 Å². The van der Waals surface area contributed by atoms with Crippen LogP contribution in [0.15, 0.2) is 30.3 Å². The SMILES string of the molecule is CCN(C[C@@H](C)C#N)C(=O)CN1CCN(C)C[C@H]1c1ccccc1. The maximum Gasteiger partial charge on any atom is 0.236 e. The Hall–Kier alpha value is -1.90. The van der Waals surface area contributed by atoms with E-state index in [1.54, 1.807) is 4.90 Å². The number of hydrogen-bond acceptors (Lipinski definition) is 4. The molecule has 0 spiro atoms. The molecule has 0 saturated carbocycles. The number of piperazine rings is 1. The fraction of sp³-hybridized carbons (Fsp3) is 0.579. The molecule has 0 aromatic heterocycles. The monoisotopic (exact) mass is 328 g/mol. The highest BCUT2D eigenvalue weighted by Gasteiger charge is 2.29. The summed E-state index contributed by atoms with van der Waals surface area (Å²) in [4.78, 5) is 19.1. The lowest BCUT2D eigenvalue weighted by molar-refractivity contribution is -0.133. The number of nitriles is 1. The summed E-state index contributed by atoms with van der Waals surface area (Å²) < 4.78 is 0. The van der Waals surface area contributed by atoms with Crippen molar-refractivity contribution in [1.82, 2.24) is 14.7 Å². The molecule has 1 aromatic carbocycles. The van der Waals surface area contributed by atoms with Crippen LogP contribution < -0.4 is 0 Å². The molecule has 1 heterocycles. The van der Waals surface area contributed by atoms with Crippen LogP contribution in [0.1, 0.15) is 25.5 Å². The van der Waals surface area contributed by atoms with Crippen LogP contribution in [0.2, 0.25) is 0 Å². The molecule has 1 aliphatic rings. The molecular weight excluding hydrogens is 300 g/mol. The molecule has 130 valence electrons. The van der Waals surface area contributed by atoms with Crippen molar-refractivity contribution in [2.75, 3.05) is 46.3 Å². The summed E-state index contributed by atoms with van der Waals surface area (Å²) in [5.41, 5.74) is 1.25. The standard InChI is InChI=1S/C19H28N4O/c1-4-22(13-16(2)12-20)19(24)15-23-11-10-21(3)14-18(23)17-8-6-5-7-9-17/h5-9,16,18H,4,10-11,13-15H2,1-3H3/t16-,18-/m0/s1. The lowest BCUT2D eigenvalue weighted by Gasteiger charge is -2.40. The van der Waals surface area contributed by atoms with Crippen molar-refractivity contribution < 1.29 is 4.79 Å². The zero-order valence-corrected chi connectivity index (χ0v) is 15.0. The molecular formula is C19H28N4O. The molecule has 0 bridgehead atoms. The van der Waals surface area contributed by atoms with Crippen LogP contribution in [-0.4, -0.2) is 66.9 Å².